The number of unbranched alkanes of at least 4 members (excludes halogenated alkanes) is 1. The number of hydrogen-bond acceptors (Lipinski definition) is 3. The normalized spacial score (nSPS) is 26.4. The highest BCUT2D eigenvalue weighted by atomic mass is 19.4. The maximum absolute atomic E-state index is 12.0. The molecule has 2 aromatic carbocycles. The molecule has 0 radical (unpaired) electrons. The van der Waals surface area contributed by atoms with Crippen molar-refractivity contribution >= 4 is 12.1 Å². The minimum absolute atomic E-state index is 0.0111. The first-order chi connectivity index (χ1) is 31.7. The van der Waals surface area contributed by atoms with Crippen LogP contribution in [0.15, 0.2) is 90.0 Å². The quantitative estimate of drug-likeness (QED) is 0.128. The molecule has 1 saturated heterocycles. The van der Waals surface area contributed by atoms with Gasteiger partial charge in [0.05, 0.1) is 11.7 Å². The molecule has 3 aliphatic carbocycles. The van der Waals surface area contributed by atoms with E-state index in [4.69, 9.17) is 4.74 Å². The third-order valence-corrected chi connectivity index (χ3v) is 14.6. The number of rotatable bonds is 11. The molecule has 6 rings (SSSR count). The van der Waals surface area contributed by atoms with E-state index in [1.54, 1.807) is 17.2 Å². The second-order valence-electron chi connectivity index (χ2n) is 19.8. The van der Waals surface area contributed by atoms with Crippen molar-refractivity contribution in [1.82, 2.24) is 0 Å². The number of aryl methyl sites for hydroxylation is 1. The highest BCUT2D eigenvalue weighted by Crippen LogP contribution is 2.58. The van der Waals surface area contributed by atoms with Crippen molar-refractivity contribution in [2.75, 3.05) is 0 Å². The molecule has 1 spiro atoms. The van der Waals surface area contributed by atoms with Gasteiger partial charge in [-0.05, 0) is 125 Å². The first-order valence-corrected chi connectivity index (χ1v) is 26.5. The van der Waals surface area contributed by atoms with Crippen LogP contribution in [0.2, 0.25) is 0 Å². The fraction of sp³-hybridized carbons (Fsp3) is 0.672. The molecule has 0 amide bonds. The Labute approximate surface area is 410 Å². The molecule has 0 N–H and O–H groups in total. The molecule has 0 bridgehead atoms. The van der Waals surface area contributed by atoms with Crippen molar-refractivity contribution in [2.24, 2.45) is 40.9 Å². The molecule has 67 heavy (non-hydrogen) atoms. The number of ketones is 1. The van der Waals surface area contributed by atoms with E-state index in [1.165, 1.54) is 95.5 Å². The fourth-order valence-electron chi connectivity index (χ4n) is 10.4. The zero-order valence-corrected chi connectivity index (χ0v) is 45.6. The summed E-state index contributed by atoms with van der Waals surface area (Å²) in [6.45, 7) is 37.2. The minimum atomic E-state index is -4.00. The van der Waals surface area contributed by atoms with Crippen LogP contribution >= 0.6 is 0 Å². The number of fused-ring (bicyclic) bond motifs is 1. The molecule has 4 aliphatic rings. The summed E-state index contributed by atoms with van der Waals surface area (Å²) >= 11 is 0. The highest BCUT2D eigenvalue weighted by molar-refractivity contribution is 6.08. The number of benzene rings is 2. The van der Waals surface area contributed by atoms with Crippen LogP contribution in [-0.2, 0) is 9.53 Å². The number of aldehydes is 1. The van der Waals surface area contributed by atoms with Crippen LogP contribution < -0.4 is 0 Å². The molecule has 8 unspecified atom stereocenters. The number of alkyl halides is 3. The molecule has 1 saturated carbocycles. The second-order valence-corrected chi connectivity index (χ2v) is 19.8. The summed E-state index contributed by atoms with van der Waals surface area (Å²) in [4.78, 5) is 21.1. The van der Waals surface area contributed by atoms with Crippen LogP contribution in [0.4, 0.5) is 13.2 Å². The van der Waals surface area contributed by atoms with Crippen molar-refractivity contribution in [3.05, 3.63) is 107 Å². The molecular weight excluding hydrogens is 838 g/mol. The molecule has 6 heteroatoms. The van der Waals surface area contributed by atoms with E-state index < -0.39 is 6.18 Å². The number of ether oxygens (including phenoxy) is 1. The predicted molar refractivity (Wildman–Crippen MR) is 284 cm³/mol. The SMILES string of the molecule is C=CC.CC.CC(F)(F)F.CCC=O.CCCC.CCCC1CCC2(C)CC(C3CCC4(OC(CC(C)CC)C(C)[C@H]4C)C(C)=C3CC)CC=C2C1.Cc1ccc(C(=O)c2ccccc2)cc1. The Morgan fingerprint density at radius 2 is 1.43 bits per heavy atom. The zero-order chi connectivity index (χ0) is 51.4. The Kier molecular flexibility index (Phi) is 31.7. The molecule has 1 heterocycles. The van der Waals surface area contributed by atoms with Crippen LogP contribution in [-0.4, -0.2) is 30.0 Å². The number of hydrogen-bond donors (Lipinski definition) is 0. The van der Waals surface area contributed by atoms with Gasteiger partial charge < -0.3 is 9.53 Å². The van der Waals surface area contributed by atoms with Gasteiger partial charge in [-0.1, -0.05) is 199 Å². The smallest absolute Gasteiger partial charge is 0.367 e. The maximum atomic E-state index is 12.0. The van der Waals surface area contributed by atoms with Gasteiger partial charge in [0.15, 0.2) is 5.78 Å². The van der Waals surface area contributed by atoms with Crippen molar-refractivity contribution in [2.45, 2.75) is 225 Å². The maximum Gasteiger partial charge on any atom is 0.386 e. The molecule has 382 valence electrons. The minimum Gasteiger partial charge on any atom is -0.367 e. The van der Waals surface area contributed by atoms with Crippen molar-refractivity contribution < 1.29 is 27.5 Å². The van der Waals surface area contributed by atoms with Crippen LogP contribution in [0.1, 0.15) is 222 Å². The molecule has 2 aromatic rings. The Balaban J connectivity index is 0.00000108. The third kappa shape index (κ3) is 21.1. The molecule has 9 atom stereocenters. The van der Waals surface area contributed by atoms with Crippen molar-refractivity contribution in [3.8, 4) is 0 Å². The average Bonchev–Trinajstić information content (AvgIpc) is 3.55. The molecular formula is C61H99F3O3. The lowest BCUT2D eigenvalue weighted by atomic mass is 9.56. The molecule has 3 nitrogen and oxygen atoms in total. The lowest BCUT2D eigenvalue weighted by molar-refractivity contribution is -0.110. The predicted octanol–water partition coefficient (Wildman–Crippen LogP) is 19.3. The summed E-state index contributed by atoms with van der Waals surface area (Å²) in [5, 5.41) is 0. The van der Waals surface area contributed by atoms with Gasteiger partial charge in [-0.3, -0.25) is 4.79 Å². The van der Waals surface area contributed by atoms with E-state index >= 15 is 0 Å². The van der Waals surface area contributed by atoms with Crippen LogP contribution in [0.5, 0.6) is 0 Å². The van der Waals surface area contributed by atoms with E-state index in [0.29, 0.717) is 29.8 Å². The van der Waals surface area contributed by atoms with Gasteiger partial charge in [0, 0.05) is 24.5 Å². The summed E-state index contributed by atoms with van der Waals surface area (Å²) < 4.78 is 38.2. The fourth-order valence-corrected chi connectivity index (χ4v) is 10.4. The summed E-state index contributed by atoms with van der Waals surface area (Å²) in [7, 11) is 0. The molecule has 1 aliphatic heterocycles. The first kappa shape index (κ1) is 63.8. The van der Waals surface area contributed by atoms with Crippen LogP contribution in [0.3, 0.4) is 0 Å². The van der Waals surface area contributed by atoms with Gasteiger partial charge in [-0.2, -0.15) is 13.2 Å². The largest absolute Gasteiger partial charge is 0.386 e. The highest BCUT2D eigenvalue weighted by Gasteiger charge is 2.55. The Morgan fingerprint density at radius 3 is 1.91 bits per heavy atom. The topological polar surface area (TPSA) is 43.4 Å². The number of halogens is 3. The van der Waals surface area contributed by atoms with E-state index in [2.05, 4.69) is 81.9 Å². The Morgan fingerprint density at radius 1 is 0.896 bits per heavy atom. The number of allylic oxidation sites excluding steroid dienone is 4. The van der Waals surface area contributed by atoms with Gasteiger partial charge in [0.1, 0.15) is 6.29 Å². The van der Waals surface area contributed by atoms with E-state index in [9.17, 15) is 22.8 Å². The van der Waals surface area contributed by atoms with Gasteiger partial charge in [0.2, 0.25) is 0 Å². The Bertz CT molecular complexity index is 1700. The van der Waals surface area contributed by atoms with Crippen LogP contribution in [0.25, 0.3) is 0 Å². The summed E-state index contributed by atoms with van der Waals surface area (Å²) in [6.07, 6.45) is 21.2. The monoisotopic (exact) mass is 937 g/mol. The van der Waals surface area contributed by atoms with E-state index in [-0.39, 0.29) is 18.3 Å². The lowest BCUT2D eigenvalue weighted by Gasteiger charge is -2.50. The van der Waals surface area contributed by atoms with Gasteiger partial charge in [-0.25, -0.2) is 0 Å². The number of carbonyl (C=O) groups excluding carboxylic acids is 2. The zero-order valence-electron chi connectivity index (χ0n) is 45.6. The van der Waals surface area contributed by atoms with E-state index in [1.807, 2.05) is 94.8 Å². The van der Waals surface area contributed by atoms with Crippen molar-refractivity contribution in [1.29, 1.82) is 0 Å². The van der Waals surface area contributed by atoms with E-state index in [0.717, 1.165) is 41.1 Å². The van der Waals surface area contributed by atoms with Gasteiger partial charge >= 0.3 is 6.18 Å². The van der Waals surface area contributed by atoms with Gasteiger partial charge in [0.25, 0.3) is 0 Å². The molecule has 0 aromatic heterocycles. The standard InChI is InChI=1S/C33H56O.C14H12O.C4H10.C3H6O.C3H6.C2H3F3.C2H6/c1-9-12-26-15-17-32(8)21-27(13-14-28(32)20-26)30-16-18-33(25(7)29(30)11-3)24(6)23(5)31(34-33)19-22(4)10-2;1-11-7-9-13(10-8-11)14(15)12-5-3-2-4-6-12;1-3-4-2;1-2-3-4;1-3-2;1-2(3,4)5;1-2/h14,22-24,26-27,30-31H,9-13,15-21H2,1-8H3;2-10H,1H3;3-4H2,1-2H3;3H,2H2,1H3;3H,1H2,2H3;1H3;1-2H3/t22?,23?,24-,26?,27?,30?,31?,32?,33?;;;;;;/m1....../s1. The van der Waals surface area contributed by atoms with Crippen molar-refractivity contribution in [3.63, 3.8) is 0 Å². The van der Waals surface area contributed by atoms with Gasteiger partial charge in [-0.15, -0.1) is 6.58 Å². The Hall–Kier alpha value is -3.25. The summed E-state index contributed by atoms with van der Waals surface area (Å²) in [5.74, 6) is 4.70. The van der Waals surface area contributed by atoms with Crippen LogP contribution in [0, 0.1) is 47.8 Å². The number of carbonyl (C=O) groups is 2. The third-order valence-electron chi connectivity index (χ3n) is 14.6. The lowest BCUT2D eigenvalue weighted by Crippen LogP contribution is -2.44. The summed E-state index contributed by atoms with van der Waals surface area (Å²) in [5.41, 5.74) is 8.38. The second kappa shape index (κ2) is 33.3. The first-order valence-electron chi connectivity index (χ1n) is 26.5. The summed E-state index contributed by atoms with van der Waals surface area (Å²) in [6, 6.07) is 17.0. The average molecular weight is 937 g/mol. The molecule has 2 fully saturated rings.